The van der Waals surface area contributed by atoms with Gasteiger partial charge in [-0.1, -0.05) is 42.5 Å². The summed E-state index contributed by atoms with van der Waals surface area (Å²) in [5, 5.41) is 17.1. The van der Waals surface area contributed by atoms with Crippen molar-refractivity contribution < 1.29 is 24.2 Å². The standard InChI is InChI=1S/C27H31N3O5/c1-17(28-26(34)35-27(2,3)4)25(33)30(5)23(19-11-14-22(31)15-12-19)24(32)29-21-13-10-18-8-6-7-9-20(18)16-21/h6-17,23,31H,1-5H3,(H,28,34)(H,29,32). The van der Waals surface area contributed by atoms with E-state index in [1.165, 1.54) is 31.0 Å². The number of hydrogen-bond donors (Lipinski definition) is 3. The van der Waals surface area contributed by atoms with Gasteiger partial charge in [0, 0.05) is 12.7 Å². The molecule has 0 heterocycles. The molecule has 0 bridgehead atoms. The molecule has 3 aromatic rings. The van der Waals surface area contributed by atoms with Gasteiger partial charge < -0.3 is 25.4 Å². The fourth-order valence-electron chi connectivity index (χ4n) is 3.66. The lowest BCUT2D eigenvalue weighted by molar-refractivity contribution is -0.138. The molecule has 8 nitrogen and oxygen atoms in total. The van der Waals surface area contributed by atoms with Crippen molar-refractivity contribution in [2.24, 2.45) is 0 Å². The highest BCUT2D eigenvalue weighted by Crippen LogP contribution is 2.26. The molecule has 0 saturated heterocycles. The molecule has 35 heavy (non-hydrogen) atoms. The average Bonchev–Trinajstić information content (AvgIpc) is 2.78. The van der Waals surface area contributed by atoms with Crippen LogP contribution in [0.2, 0.25) is 0 Å². The SMILES string of the molecule is CC(NC(=O)OC(C)(C)C)C(=O)N(C)C(C(=O)Nc1ccc2ccccc2c1)c1ccc(O)cc1. The molecular weight excluding hydrogens is 446 g/mol. The predicted molar refractivity (Wildman–Crippen MR) is 135 cm³/mol. The minimum atomic E-state index is -1.02. The van der Waals surface area contributed by atoms with E-state index < -0.39 is 35.6 Å². The highest BCUT2D eigenvalue weighted by molar-refractivity contribution is 6.00. The van der Waals surface area contributed by atoms with Crippen LogP contribution < -0.4 is 10.6 Å². The number of rotatable bonds is 6. The Morgan fingerprint density at radius 3 is 2.20 bits per heavy atom. The number of phenols is 1. The molecule has 3 N–H and O–H groups in total. The minimum Gasteiger partial charge on any atom is -0.508 e. The molecule has 3 rings (SSSR count). The molecule has 0 aromatic heterocycles. The fourth-order valence-corrected chi connectivity index (χ4v) is 3.66. The second-order valence-corrected chi connectivity index (χ2v) is 9.36. The molecule has 2 atom stereocenters. The summed E-state index contributed by atoms with van der Waals surface area (Å²) < 4.78 is 5.23. The van der Waals surface area contributed by atoms with Crippen LogP contribution >= 0.6 is 0 Å². The van der Waals surface area contributed by atoms with Gasteiger partial charge in [-0.25, -0.2) is 4.79 Å². The molecule has 0 spiro atoms. The molecular formula is C27H31N3O5. The number of carbonyl (C=O) groups excluding carboxylic acids is 3. The maximum atomic E-state index is 13.4. The molecule has 0 saturated carbocycles. The van der Waals surface area contributed by atoms with Crippen LogP contribution in [-0.4, -0.2) is 46.6 Å². The molecule has 0 aliphatic rings. The predicted octanol–water partition coefficient (Wildman–Crippen LogP) is 4.60. The summed E-state index contributed by atoms with van der Waals surface area (Å²) in [4.78, 5) is 40.0. The van der Waals surface area contributed by atoms with Gasteiger partial charge in [0.05, 0.1) is 0 Å². The first-order valence-corrected chi connectivity index (χ1v) is 11.3. The molecule has 2 unspecified atom stereocenters. The van der Waals surface area contributed by atoms with Crippen molar-refractivity contribution >= 4 is 34.4 Å². The summed E-state index contributed by atoms with van der Waals surface area (Å²) in [5.74, 6) is -0.884. The molecule has 0 fully saturated rings. The van der Waals surface area contributed by atoms with E-state index in [4.69, 9.17) is 4.74 Å². The summed E-state index contributed by atoms with van der Waals surface area (Å²) in [7, 11) is 1.49. The van der Waals surface area contributed by atoms with Gasteiger partial charge in [0.1, 0.15) is 23.4 Å². The maximum absolute atomic E-state index is 13.4. The number of benzene rings is 3. The Labute approximate surface area is 204 Å². The quantitative estimate of drug-likeness (QED) is 0.481. The number of carbonyl (C=O) groups is 3. The van der Waals surface area contributed by atoms with E-state index >= 15 is 0 Å². The lowest BCUT2D eigenvalue weighted by Gasteiger charge is -2.30. The highest BCUT2D eigenvalue weighted by Gasteiger charge is 2.32. The van der Waals surface area contributed by atoms with Crippen LogP contribution in [0.5, 0.6) is 5.75 Å². The van der Waals surface area contributed by atoms with E-state index in [9.17, 15) is 19.5 Å². The van der Waals surface area contributed by atoms with Crippen LogP contribution in [-0.2, 0) is 14.3 Å². The second-order valence-electron chi connectivity index (χ2n) is 9.36. The zero-order valence-electron chi connectivity index (χ0n) is 20.5. The number of hydrogen-bond acceptors (Lipinski definition) is 5. The molecule has 0 aliphatic carbocycles. The molecule has 3 amide bonds. The minimum absolute atomic E-state index is 0.0383. The zero-order valence-corrected chi connectivity index (χ0v) is 20.5. The zero-order chi connectivity index (χ0) is 25.8. The van der Waals surface area contributed by atoms with E-state index in [0.29, 0.717) is 11.3 Å². The Hall–Kier alpha value is -4.07. The number of fused-ring (bicyclic) bond motifs is 1. The average molecular weight is 478 g/mol. The van der Waals surface area contributed by atoms with E-state index in [-0.39, 0.29) is 5.75 Å². The van der Waals surface area contributed by atoms with Gasteiger partial charge in [0.2, 0.25) is 5.91 Å². The van der Waals surface area contributed by atoms with Crippen molar-refractivity contribution in [2.45, 2.75) is 45.4 Å². The Kier molecular flexibility index (Phi) is 7.64. The van der Waals surface area contributed by atoms with Crippen molar-refractivity contribution in [2.75, 3.05) is 12.4 Å². The number of phenolic OH excluding ortho intramolecular Hbond substituents is 1. The van der Waals surface area contributed by atoms with Gasteiger partial charge >= 0.3 is 6.09 Å². The van der Waals surface area contributed by atoms with Crippen LogP contribution in [0.3, 0.4) is 0 Å². The first-order chi connectivity index (χ1) is 16.4. The van der Waals surface area contributed by atoms with Crippen molar-refractivity contribution in [3.05, 3.63) is 72.3 Å². The van der Waals surface area contributed by atoms with Crippen LogP contribution in [0.4, 0.5) is 10.5 Å². The monoisotopic (exact) mass is 477 g/mol. The normalized spacial score (nSPS) is 12.9. The Morgan fingerprint density at radius 2 is 1.57 bits per heavy atom. The number of anilines is 1. The van der Waals surface area contributed by atoms with Crippen LogP contribution in [0.1, 0.15) is 39.3 Å². The third-order valence-electron chi connectivity index (χ3n) is 5.31. The Balaban J connectivity index is 1.84. The van der Waals surface area contributed by atoms with Gasteiger partial charge in [0.15, 0.2) is 0 Å². The third kappa shape index (κ3) is 6.72. The number of nitrogens with one attached hydrogen (secondary N) is 2. The van der Waals surface area contributed by atoms with Crippen LogP contribution in [0, 0.1) is 0 Å². The summed E-state index contributed by atoms with van der Waals surface area (Å²) in [5.41, 5.74) is 0.368. The van der Waals surface area contributed by atoms with Gasteiger partial charge in [-0.15, -0.1) is 0 Å². The topological polar surface area (TPSA) is 108 Å². The van der Waals surface area contributed by atoms with Crippen LogP contribution in [0.25, 0.3) is 10.8 Å². The third-order valence-corrected chi connectivity index (χ3v) is 5.31. The number of nitrogens with zero attached hydrogens (tertiary/aromatic N) is 1. The lowest BCUT2D eigenvalue weighted by Crippen LogP contribution is -2.49. The van der Waals surface area contributed by atoms with E-state index in [1.807, 2.05) is 36.4 Å². The molecule has 8 heteroatoms. The number of aromatic hydroxyl groups is 1. The fraction of sp³-hybridized carbons (Fsp3) is 0.296. The van der Waals surface area contributed by atoms with Crippen molar-refractivity contribution in [1.29, 1.82) is 0 Å². The number of alkyl carbamates (subject to hydrolysis) is 1. The first-order valence-electron chi connectivity index (χ1n) is 11.3. The molecule has 0 aliphatic heterocycles. The highest BCUT2D eigenvalue weighted by atomic mass is 16.6. The number of likely N-dealkylation sites (N-methyl/N-ethyl adjacent to an activating group) is 1. The van der Waals surface area contributed by atoms with Gasteiger partial charge in [-0.2, -0.15) is 0 Å². The van der Waals surface area contributed by atoms with Crippen molar-refractivity contribution in [3.63, 3.8) is 0 Å². The number of amides is 3. The maximum Gasteiger partial charge on any atom is 0.408 e. The molecule has 3 aromatic carbocycles. The van der Waals surface area contributed by atoms with Crippen LogP contribution in [0.15, 0.2) is 66.7 Å². The van der Waals surface area contributed by atoms with Gasteiger partial charge in [-0.05, 0) is 68.3 Å². The lowest BCUT2D eigenvalue weighted by atomic mass is 10.0. The molecule has 184 valence electrons. The number of ether oxygens (including phenoxy) is 1. The van der Waals surface area contributed by atoms with Gasteiger partial charge in [0.25, 0.3) is 5.91 Å². The largest absolute Gasteiger partial charge is 0.508 e. The van der Waals surface area contributed by atoms with Gasteiger partial charge in [-0.3, -0.25) is 9.59 Å². The molecule has 0 radical (unpaired) electrons. The summed E-state index contributed by atoms with van der Waals surface area (Å²) in [6, 6.07) is 17.4. The summed E-state index contributed by atoms with van der Waals surface area (Å²) >= 11 is 0. The van der Waals surface area contributed by atoms with Crippen molar-refractivity contribution in [3.8, 4) is 5.75 Å². The first kappa shape index (κ1) is 25.6. The van der Waals surface area contributed by atoms with E-state index in [1.54, 1.807) is 39.0 Å². The Bertz CT molecular complexity index is 1220. The van der Waals surface area contributed by atoms with E-state index in [0.717, 1.165) is 10.8 Å². The summed E-state index contributed by atoms with van der Waals surface area (Å²) in [6.45, 7) is 6.70. The van der Waals surface area contributed by atoms with E-state index in [2.05, 4.69) is 10.6 Å². The summed E-state index contributed by atoms with van der Waals surface area (Å²) in [6.07, 6.45) is -0.728. The smallest absolute Gasteiger partial charge is 0.408 e. The second kappa shape index (κ2) is 10.5. The van der Waals surface area contributed by atoms with Crippen molar-refractivity contribution in [1.82, 2.24) is 10.2 Å². The Morgan fingerprint density at radius 1 is 0.943 bits per heavy atom.